The summed E-state index contributed by atoms with van der Waals surface area (Å²) in [6, 6.07) is 9.58. The Balaban J connectivity index is 2.47. The summed E-state index contributed by atoms with van der Waals surface area (Å²) in [7, 11) is 1.33. The van der Waals surface area contributed by atoms with Crippen molar-refractivity contribution in [2.24, 2.45) is 11.7 Å². The first kappa shape index (κ1) is 14.3. The number of hydrogen-bond donors (Lipinski definition) is 1. The van der Waals surface area contributed by atoms with Gasteiger partial charge in [-0.3, -0.25) is 4.79 Å². The van der Waals surface area contributed by atoms with Crippen LogP contribution in [0.15, 0.2) is 47.5 Å². The van der Waals surface area contributed by atoms with Gasteiger partial charge in [-0.2, -0.15) is 0 Å². The van der Waals surface area contributed by atoms with Crippen molar-refractivity contribution in [1.82, 2.24) is 0 Å². The molecule has 2 rings (SSSR count). The van der Waals surface area contributed by atoms with Crippen LogP contribution in [0.1, 0.15) is 5.56 Å². The molecule has 0 spiro atoms. The summed E-state index contributed by atoms with van der Waals surface area (Å²) in [6.07, 6.45) is 3.36. The lowest BCUT2D eigenvalue weighted by Gasteiger charge is -2.30. The van der Waals surface area contributed by atoms with Gasteiger partial charge >= 0.3 is 5.97 Å². The highest BCUT2D eigenvalue weighted by atomic mass is 79.9. The predicted molar refractivity (Wildman–Crippen MR) is 79.7 cm³/mol. The van der Waals surface area contributed by atoms with Crippen LogP contribution < -0.4 is 5.73 Å². The molecule has 0 amide bonds. The Morgan fingerprint density at radius 1 is 1.42 bits per heavy atom. The van der Waals surface area contributed by atoms with Crippen LogP contribution in [0.3, 0.4) is 0 Å². The van der Waals surface area contributed by atoms with Gasteiger partial charge < -0.3 is 10.5 Å². The zero-order valence-corrected chi connectivity index (χ0v) is 12.6. The van der Waals surface area contributed by atoms with Crippen molar-refractivity contribution < 1.29 is 9.53 Å². The molecule has 1 aromatic carbocycles. The third-order valence-electron chi connectivity index (χ3n) is 2.96. The Bertz CT molecular complexity index is 552. The SMILES string of the molecule is COC(=O)[C@H]1C=C(c2ccccc2)C(Cl)=C[C@]1(N)Br. The van der Waals surface area contributed by atoms with Gasteiger partial charge in [0.2, 0.25) is 0 Å². The lowest BCUT2D eigenvalue weighted by atomic mass is 9.89. The molecule has 0 bridgehead atoms. The molecular weight excluding hydrogens is 330 g/mol. The number of esters is 1. The molecule has 0 heterocycles. The van der Waals surface area contributed by atoms with Gasteiger partial charge in [0, 0.05) is 5.03 Å². The monoisotopic (exact) mass is 341 g/mol. The molecule has 2 N–H and O–H groups in total. The molecule has 5 heteroatoms. The number of carbonyl (C=O) groups is 1. The molecule has 2 atom stereocenters. The number of halogens is 2. The van der Waals surface area contributed by atoms with Crippen LogP contribution in [0.4, 0.5) is 0 Å². The second-order valence-corrected chi connectivity index (χ2v) is 6.05. The van der Waals surface area contributed by atoms with Crippen molar-refractivity contribution in [3.8, 4) is 0 Å². The van der Waals surface area contributed by atoms with E-state index in [1.54, 1.807) is 12.2 Å². The molecule has 100 valence electrons. The number of hydrogen-bond acceptors (Lipinski definition) is 3. The molecule has 0 fully saturated rings. The first-order chi connectivity index (χ1) is 8.95. The number of ether oxygens (including phenoxy) is 1. The highest BCUT2D eigenvalue weighted by Gasteiger charge is 2.39. The van der Waals surface area contributed by atoms with E-state index in [-0.39, 0.29) is 0 Å². The van der Waals surface area contributed by atoms with Gasteiger partial charge in [0.1, 0.15) is 10.4 Å². The fraction of sp³-hybridized carbons (Fsp3) is 0.214. The van der Waals surface area contributed by atoms with Crippen LogP contribution in [-0.2, 0) is 9.53 Å². The summed E-state index contributed by atoms with van der Waals surface area (Å²) < 4.78 is 3.75. The zero-order chi connectivity index (χ0) is 14.0. The second kappa shape index (κ2) is 5.49. The Morgan fingerprint density at radius 3 is 2.63 bits per heavy atom. The summed E-state index contributed by atoms with van der Waals surface area (Å²) in [6.45, 7) is 0. The van der Waals surface area contributed by atoms with Crippen LogP contribution in [-0.4, -0.2) is 17.5 Å². The van der Waals surface area contributed by atoms with E-state index in [1.165, 1.54) is 7.11 Å². The molecule has 0 saturated carbocycles. The van der Waals surface area contributed by atoms with Crippen molar-refractivity contribution in [3.05, 3.63) is 53.1 Å². The fourth-order valence-electron chi connectivity index (χ4n) is 1.96. The van der Waals surface area contributed by atoms with E-state index in [1.807, 2.05) is 30.3 Å². The maximum Gasteiger partial charge on any atom is 0.315 e. The van der Waals surface area contributed by atoms with Gasteiger partial charge in [0.05, 0.1) is 7.11 Å². The second-order valence-electron chi connectivity index (χ2n) is 4.27. The fourth-order valence-corrected chi connectivity index (χ4v) is 3.00. The quantitative estimate of drug-likeness (QED) is 0.510. The van der Waals surface area contributed by atoms with Crippen molar-refractivity contribution in [1.29, 1.82) is 0 Å². The normalized spacial score (nSPS) is 26.4. The Labute approximate surface area is 125 Å². The summed E-state index contributed by atoms with van der Waals surface area (Å²) in [5, 5.41) is 0.505. The van der Waals surface area contributed by atoms with Gasteiger partial charge in [-0.25, -0.2) is 0 Å². The standard InChI is InChI=1S/C14H13BrClNO2/c1-19-13(18)11-7-10(9-5-3-2-4-6-9)12(16)8-14(11,15)17/h2-8,11H,17H2,1H3/t11-,14-/m1/s1. The number of allylic oxidation sites excluding steroid dienone is 2. The molecule has 1 aromatic rings. The molecule has 1 aliphatic carbocycles. The van der Waals surface area contributed by atoms with E-state index in [0.29, 0.717) is 5.03 Å². The van der Waals surface area contributed by atoms with E-state index >= 15 is 0 Å². The lowest BCUT2D eigenvalue weighted by Crippen LogP contribution is -2.44. The minimum Gasteiger partial charge on any atom is -0.468 e. The van der Waals surface area contributed by atoms with Crippen molar-refractivity contribution >= 4 is 39.1 Å². The van der Waals surface area contributed by atoms with Crippen molar-refractivity contribution in [2.75, 3.05) is 7.11 Å². The van der Waals surface area contributed by atoms with E-state index < -0.39 is 16.3 Å². The third kappa shape index (κ3) is 2.91. The number of benzene rings is 1. The predicted octanol–water partition coefficient (Wildman–Crippen LogP) is 3.05. The number of carbonyl (C=O) groups excluding carboxylic acids is 1. The maximum absolute atomic E-state index is 11.8. The average Bonchev–Trinajstić information content (AvgIpc) is 2.38. The summed E-state index contributed by atoms with van der Waals surface area (Å²) in [4.78, 5) is 11.8. The van der Waals surface area contributed by atoms with Crippen LogP contribution >= 0.6 is 27.5 Å². The Kier molecular flexibility index (Phi) is 4.13. The highest BCUT2D eigenvalue weighted by Crippen LogP contribution is 2.40. The number of nitrogens with two attached hydrogens (primary N) is 1. The summed E-state index contributed by atoms with van der Waals surface area (Å²) in [5.74, 6) is -1.04. The molecule has 0 radical (unpaired) electrons. The Hall–Kier alpha value is -1.10. The molecule has 0 saturated heterocycles. The average molecular weight is 343 g/mol. The highest BCUT2D eigenvalue weighted by molar-refractivity contribution is 9.10. The topological polar surface area (TPSA) is 52.3 Å². The summed E-state index contributed by atoms with van der Waals surface area (Å²) >= 11 is 9.56. The van der Waals surface area contributed by atoms with Crippen LogP contribution in [0, 0.1) is 5.92 Å². The minimum atomic E-state index is -1.03. The van der Waals surface area contributed by atoms with Gasteiger partial charge in [0.15, 0.2) is 0 Å². The molecule has 0 unspecified atom stereocenters. The molecule has 3 nitrogen and oxygen atoms in total. The number of rotatable bonds is 2. The van der Waals surface area contributed by atoms with E-state index in [9.17, 15) is 4.79 Å². The van der Waals surface area contributed by atoms with Crippen molar-refractivity contribution in [2.45, 2.75) is 4.45 Å². The van der Waals surface area contributed by atoms with Crippen molar-refractivity contribution in [3.63, 3.8) is 0 Å². The van der Waals surface area contributed by atoms with E-state index in [0.717, 1.165) is 11.1 Å². The van der Waals surface area contributed by atoms with Gasteiger partial charge in [0.25, 0.3) is 0 Å². The number of alkyl halides is 1. The molecule has 0 aliphatic heterocycles. The van der Waals surface area contributed by atoms with Crippen LogP contribution in [0.2, 0.25) is 0 Å². The molecule has 0 aromatic heterocycles. The molecule has 19 heavy (non-hydrogen) atoms. The lowest BCUT2D eigenvalue weighted by molar-refractivity contribution is -0.144. The first-order valence-electron chi connectivity index (χ1n) is 5.67. The van der Waals surface area contributed by atoms with Crippen LogP contribution in [0.25, 0.3) is 5.57 Å². The summed E-state index contributed by atoms with van der Waals surface area (Å²) in [5.41, 5.74) is 7.75. The Morgan fingerprint density at radius 2 is 2.05 bits per heavy atom. The van der Waals surface area contributed by atoms with E-state index in [4.69, 9.17) is 22.1 Å². The van der Waals surface area contributed by atoms with Gasteiger partial charge in [-0.15, -0.1) is 0 Å². The smallest absolute Gasteiger partial charge is 0.315 e. The van der Waals surface area contributed by atoms with Crippen LogP contribution in [0.5, 0.6) is 0 Å². The molecular formula is C14H13BrClNO2. The van der Waals surface area contributed by atoms with Gasteiger partial charge in [-0.05, 0) is 17.2 Å². The number of methoxy groups -OCH3 is 1. The first-order valence-corrected chi connectivity index (χ1v) is 6.84. The zero-order valence-electron chi connectivity index (χ0n) is 10.3. The maximum atomic E-state index is 11.8. The largest absolute Gasteiger partial charge is 0.468 e. The molecule has 1 aliphatic rings. The third-order valence-corrected chi connectivity index (χ3v) is 3.99. The van der Waals surface area contributed by atoms with E-state index in [2.05, 4.69) is 15.9 Å². The minimum absolute atomic E-state index is 0.409. The van der Waals surface area contributed by atoms with Gasteiger partial charge in [-0.1, -0.05) is 63.9 Å².